The van der Waals surface area contributed by atoms with E-state index in [1.165, 1.54) is 6.07 Å². The summed E-state index contributed by atoms with van der Waals surface area (Å²) in [5, 5.41) is 0.251. The van der Waals surface area contributed by atoms with E-state index in [1.54, 1.807) is 39.0 Å². The minimum absolute atomic E-state index is 0.189. The summed E-state index contributed by atoms with van der Waals surface area (Å²) >= 11 is 5.87. The highest BCUT2D eigenvalue weighted by Crippen LogP contribution is 2.15. The smallest absolute Gasteiger partial charge is 0.306 e. The molecule has 0 aromatic heterocycles. The predicted octanol–water partition coefficient (Wildman–Crippen LogP) is 2.04. The number of hydrogen-bond donors (Lipinski definition) is 2. The van der Waals surface area contributed by atoms with Crippen molar-refractivity contribution in [3.63, 3.8) is 0 Å². The van der Waals surface area contributed by atoms with E-state index in [9.17, 15) is 19.2 Å². The number of halogens is 1. The molecule has 0 heterocycles. The van der Waals surface area contributed by atoms with Gasteiger partial charge in [0.15, 0.2) is 12.4 Å². The molecular formula is C17H21ClN2O5. The van der Waals surface area contributed by atoms with Crippen molar-refractivity contribution in [3.05, 3.63) is 34.9 Å². The third-order valence-corrected chi connectivity index (χ3v) is 3.52. The Hall–Kier alpha value is -2.41. The molecule has 0 fully saturated rings. The van der Waals surface area contributed by atoms with Crippen LogP contribution < -0.4 is 10.9 Å². The monoisotopic (exact) mass is 368 g/mol. The van der Waals surface area contributed by atoms with Gasteiger partial charge in [0.1, 0.15) is 0 Å². The highest BCUT2D eigenvalue weighted by atomic mass is 35.5. The van der Waals surface area contributed by atoms with Gasteiger partial charge in [0.2, 0.25) is 5.91 Å². The molecule has 0 bridgehead atoms. The quantitative estimate of drug-likeness (QED) is 0.591. The number of hydrogen-bond acceptors (Lipinski definition) is 5. The Labute approximate surface area is 151 Å². The van der Waals surface area contributed by atoms with Gasteiger partial charge in [0.05, 0.1) is 17.0 Å². The summed E-state index contributed by atoms with van der Waals surface area (Å²) in [7, 11) is 0. The van der Waals surface area contributed by atoms with Crippen LogP contribution in [0.4, 0.5) is 0 Å². The van der Waals surface area contributed by atoms with Crippen LogP contribution in [0.25, 0.3) is 0 Å². The first-order valence-corrected chi connectivity index (χ1v) is 8.01. The molecule has 136 valence electrons. The third kappa shape index (κ3) is 7.34. The number of Topliss-reactive ketones (excluding diaryl/α,β-unsaturated/α-hetero) is 1. The molecule has 2 amide bonds. The molecule has 1 aromatic rings. The first-order valence-electron chi connectivity index (χ1n) is 7.64. The molecule has 0 unspecified atom stereocenters. The number of benzene rings is 1. The second kappa shape index (κ2) is 9.17. The Kier molecular flexibility index (Phi) is 7.57. The van der Waals surface area contributed by atoms with Gasteiger partial charge in [-0.15, -0.1) is 0 Å². The fourth-order valence-electron chi connectivity index (χ4n) is 1.55. The Bertz CT molecular complexity index is 667. The molecule has 0 saturated heterocycles. The van der Waals surface area contributed by atoms with Gasteiger partial charge in [-0.05, 0) is 12.1 Å². The maximum absolute atomic E-state index is 11.8. The van der Waals surface area contributed by atoms with Gasteiger partial charge in [-0.25, -0.2) is 0 Å². The number of esters is 1. The lowest BCUT2D eigenvalue weighted by Crippen LogP contribution is -2.41. The van der Waals surface area contributed by atoms with Crippen molar-refractivity contribution < 1.29 is 23.9 Å². The number of hydrazine groups is 1. The first kappa shape index (κ1) is 20.6. The molecule has 25 heavy (non-hydrogen) atoms. The molecule has 0 radical (unpaired) electrons. The van der Waals surface area contributed by atoms with Crippen LogP contribution in [-0.2, 0) is 19.1 Å². The lowest BCUT2D eigenvalue weighted by Gasteiger charge is -2.16. The SMILES string of the molecule is CC(C)(C)C(=O)COC(=O)CCC(=O)NNC(=O)c1ccccc1Cl. The second-order valence-corrected chi connectivity index (χ2v) is 6.72. The van der Waals surface area contributed by atoms with E-state index in [0.717, 1.165) is 0 Å². The van der Waals surface area contributed by atoms with Gasteiger partial charge >= 0.3 is 5.97 Å². The van der Waals surface area contributed by atoms with Gasteiger partial charge in [-0.3, -0.25) is 30.0 Å². The van der Waals surface area contributed by atoms with E-state index >= 15 is 0 Å². The van der Waals surface area contributed by atoms with E-state index in [1.807, 2.05) is 0 Å². The van der Waals surface area contributed by atoms with E-state index in [4.69, 9.17) is 16.3 Å². The minimum atomic E-state index is -0.662. The van der Waals surface area contributed by atoms with Crippen LogP contribution in [0.5, 0.6) is 0 Å². The van der Waals surface area contributed by atoms with Crippen molar-refractivity contribution in [1.82, 2.24) is 10.9 Å². The highest BCUT2D eigenvalue weighted by Gasteiger charge is 2.22. The molecule has 7 nitrogen and oxygen atoms in total. The Morgan fingerprint density at radius 3 is 2.28 bits per heavy atom. The zero-order valence-corrected chi connectivity index (χ0v) is 15.1. The van der Waals surface area contributed by atoms with Gasteiger partial charge in [0.25, 0.3) is 5.91 Å². The van der Waals surface area contributed by atoms with Crippen LogP contribution in [-0.4, -0.2) is 30.2 Å². The number of carbonyl (C=O) groups is 4. The highest BCUT2D eigenvalue weighted by molar-refractivity contribution is 6.33. The fourth-order valence-corrected chi connectivity index (χ4v) is 1.77. The molecular weight excluding hydrogens is 348 g/mol. The van der Waals surface area contributed by atoms with Crippen molar-refractivity contribution in [2.75, 3.05) is 6.61 Å². The van der Waals surface area contributed by atoms with Crippen molar-refractivity contribution in [3.8, 4) is 0 Å². The molecule has 0 saturated carbocycles. The van der Waals surface area contributed by atoms with Crippen LogP contribution in [0, 0.1) is 5.41 Å². The van der Waals surface area contributed by atoms with E-state index < -0.39 is 23.2 Å². The van der Waals surface area contributed by atoms with Crippen LogP contribution >= 0.6 is 11.6 Å². The Balaban J connectivity index is 2.31. The fraction of sp³-hybridized carbons (Fsp3) is 0.412. The summed E-state index contributed by atoms with van der Waals surface area (Å²) in [6.07, 6.45) is -0.392. The molecule has 0 aliphatic carbocycles. The normalized spacial score (nSPS) is 10.7. The van der Waals surface area contributed by atoms with Crippen LogP contribution in [0.15, 0.2) is 24.3 Å². The first-order chi connectivity index (χ1) is 11.6. The van der Waals surface area contributed by atoms with Gasteiger partial charge in [-0.1, -0.05) is 44.5 Å². The predicted molar refractivity (Wildman–Crippen MR) is 91.7 cm³/mol. The van der Waals surface area contributed by atoms with Gasteiger partial charge in [-0.2, -0.15) is 0 Å². The number of ketones is 1. The third-order valence-electron chi connectivity index (χ3n) is 3.19. The largest absolute Gasteiger partial charge is 0.458 e. The Morgan fingerprint density at radius 2 is 1.68 bits per heavy atom. The number of rotatable bonds is 6. The number of carbonyl (C=O) groups excluding carboxylic acids is 4. The summed E-state index contributed by atoms with van der Waals surface area (Å²) in [6, 6.07) is 6.37. The summed E-state index contributed by atoms with van der Waals surface area (Å²) in [5.74, 6) is -2.01. The standard InChI is InChI=1S/C17H21ClN2O5/c1-17(2,3)13(21)10-25-15(23)9-8-14(22)19-20-16(24)11-6-4-5-7-12(11)18/h4-7H,8-10H2,1-3H3,(H,19,22)(H,20,24). The van der Waals surface area contributed by atoms with Crippen molar-refractivity contribution in [1.29, 1.82) is 0 Å². The Morgan fingerprint density at radius 1 is 1.04 bits per heavy atom. The number of ether oxygens (including phenoxy) is 1. The molecule has 8 heteroatoms. The molecule has 0 spiro atoms. The lowest BCUT2D eigenvalue weighted by molar-refractivity contribution is -0.150. The molecule has 0 aliphatic rings. The average Bonchev–Trinajstić information content (AvgIpc) is 2.55. The summed E-state index contributed by atoms with van der Waals surface area (Å²) in [4.78, 5) is 46.6. The van der Waals surface area contributed by atoms with Gasteiger partial charge < -0.3 is 4.74 Å². The number of amides is 2. The maximum atomic E-state index is 11.8. The van der Waals surface area contributed by atoms with Crippen molar-refractivity contribution in [2.24, 2.45) is 5.41 Å². The molecule has 1 rings (SSSR count). The van der Waals surface area contributed by atoms with E-state index in [-0.39, 0.29) is 35.8 Å². The van der Waals surface area contributed by atoms with Gasteiger partial charge in [0, 0.05) is 11.8 Å². The molecule has 2 N–H and O–H groups in total. The molecule has 0 atom stereocenters. The number of nitrogens with one attached hydrogen (secondary N) is 2. The minimum Gasteiger partial charge on any atom is -0.458 e. The maximum Gasteiger partial charge on any atom is 0.306 e. The summed E-state index contributed by atoms with van der Waals surface area (Å²) < 4.78 is 4.82. The van der Waals surface area contributed by atoms with Crippen molar-refractivity contribution in [2.45, 2.75) is 33.6 Å². The van der Waals surface area contributed by atoms with E-state index in [2.05, 4.69) is 10.9 Å². The average molecular weight is 369 g/mol. The van der Waals surface area contributed by atoms with Crippen LogP contribution in [0.2, 0.25) is 5.02 Å². The summed E-state index contributed by atoms with van der Waals surface area (Å²) in [5.41, 5.74) is 4.00. The van der Waals surface area contributed by atoms with Crippen LogP contribution in [0.1, 0.15) is 44.0 Å². The van der Waals surface area contributed by atoms with E-state index in [0.29, 0.717) is 0 Å². The zero-order valence-electron chi connectivity index (χ0n) is 14.3. The van der Waals surface area contributed by atoms with Crippen molar-refractivity contribution >= 4 is 35.2 Å². The topological polar surface area (TPSA) is 102 Å². The molecule has 0 aliphatic heterocycles. The second-order valence-electron chi connectivity index (χ2n) is 6.32. The summed E-state index contributed by atoms with van der Waals surface area (Å²) in [6.45, 7) is 4.84. The lowest BCUT2D eigenvalue weighted by atomic mass is 9.91. The van der Waals surface area contributed by atoms with Crippen LogP contribution in [0.3, 0.4) is 0 Å². The molecule has 1 aromatic carbocycles. The zero-order chi connectivity index (χ0) is 19.0.